The van der Waals surface area contributed by atoms with Gasteiger partial charge in [-0.05, 0) is 71.4 Å². The summed E-state index contributed by atoms with van der Waals surface area (Å²) in [6, 6.07) is 3.16. The third-order valence-electron chi connectivity index (χ3n) is 8.11. The first-order valence-corrected chi connectivity index (χ1v) is 16.5. The van der Waals surface area contributed by atoms with Crippen LogP contribution in [0.2, 0.25) is 0 Å². The highest BCUT2D eigenvalue weighted by molar-refractivity contribution is 7.94. The number of amides is 5. The van der Waals surface area contributed by atoms with Gasteiger partial charge < -0.3 is 25.4 Å². The molecule has 0 unspecified atom stereocenters. The molecule has 1 aliphatic carbocycles. The summed E-state index contributed by atoms with van der Waals surface area (Å²) in [5, 5.41) is 2.78. The molecule has 2 fully saturated rings. The molecule has 1 saturated heterocycles. The molecule has 1 saturated carbocycles. The van der Waals surface area contributed by atoms with Crippen LogP contribution >= 0.6 is 0 Å². The van der Waals surface area contributed by atoms with E-state index in [1.807, 2.05) is 12.2 Å². The van der Waals surface area contributed by atoms with E-state index in [4.69, 9.17) is 15.2 Å². The summed E-state index contributed by atoms with van der Waals surface area (Å²) in [4.78, 5) is 53.8. The van der Waals surface area contributed by atoms with E-state index in [9.17, 15) is 27.6 Å². The molecule has 4 atom stereocenters. The number of rotatable bonds is 5. The molecule has 4 rings (SSSR count). The number of urea groups is 1. The SMILES string of the molecule is COc1ccccc1NS(=O)(=O)[C@]12C[C@H]1/C=C\CCCCC[C@H](N(C(N)=O)C(=O)OC(C)(C)C)C(=O)N1CCC[C@H]1C(=O)N2. The van der Waals surface area contributed by atoms with E-state index in [1.165, 1.54) is 12.0 Å². The summed E-state index contributed by atoms with van der Waals surface area (Å²) in [6.07, 6.45) is 6.27. The van der Waals surface area contributed by atoms with Crippen LogP contribution in [0.5, 0.6) is 5.75 Å². The van der Waals surface area contributed by atoms with Crippen molar-refractivity contribution in [2.45, 2.75) is 94.7 Å². The lowest BCUT2D eigenvalue weighted by molar-refractivity contribution is -0.142. The number of sulfonamides is 1. The maximum Gasteiger partial charge on any atom is 0.419 e. The standard InChI is InChI=1S/C30H43N5O8S/c1-29(2,3)43-28(39)35(27(31)38)23-15-9-7-5-6-8-13-20-19-30(20,32-25(36)22-16-12-18-34(22)26(23)37)44(40,41)33-21-14-10-11-17-24(21)42-4/h8,10-11,13-14,17,20,22-23,33H,5-7,9,12,15-16,18-19H2,1-4H3,(H2,31,38)(H,32,36)/b13-8-/t20-,22+,23+,30-/m1/s1. The van der Waals surface area contributed by atoms with Crippen molar-refractivity contribution in [1.82, 2.24) is 15.1 Å². The lowest BCUT2D eigenvalue weighted by Gasteiger charge is -2.34. The number of anilines is 1. The molecule has 13 nitrogen and oxygen atoms in total. The molecule has 14 heteroatoms. The summed E-state index contributed by atoms with van der Waals surface area (Å²) in [5.41, 5.74) is 4.90. The second kappa shape index (κ2) is 13.0. The predicted octanol–water partition coefficient (Wildman–Crippen LogP) is 3.47. The average molecular weight is 634 g/mol. The number of primary amides is 1. The van der Waals surface area contributed by atoms with Crippen molar-refractivity contribution in [3.05, 3.63) is 36.4 Å². The third kappa shape index (κ3) is 7.11. The van der Waals surface area contributed by atoms with Gasteiger partial charge in [-0.3, -0.25) is 14.3 Å². The Kier molecular flexibility index (Phi) is 9.81. The van der Waals surface area contributed by atoms with Gasteiger partial charge in [0.1, 0.15) is 23.4 Å². The Bertz CT molecular complexity index is 1410. The Balaban J connectivity index is 1.66. The minimum Gasteiger partial charge on any atom is -0.495 e. The maximum atomic E-state index is 14.0. The molecule has 0 aromatic heterocycles. The first-order chi connectivity index (χ1) is 20.7. The normalized spacial score (nSPS) is 27.0. The molecule has 1 aromatic rings. The largest absolute Gasteiger partial charge is 0.495 e. The molecule has 3 aliphatic rings. The minimum absolute atomic E-state index is 0.138. The summed E-state index contributed by atoms with van der Waals surface area (Å²) in [5.74, 6) is -1.41. The van der Waals surface area contributed by atoms with Gasteiger partial charge in [0.05, 0.1) is 12.8 Å². The number of hydrogen-bond donors (Lipinski definition) is 3. The van der Waals surface area contributed by atoms with E-state index in [0.717, 1.165) is 6.42 Å². The summed E-state index contributed by atoms with van der Waals surface area (Å²) < 4.78 is 41.1. The van der Waals surface area contributed by atoms with E-state index in [2.05, 4.69) is 10.0 Å². The number of allylic oxidation sites excluding steroid dienone is 1. The van der Waals surface area contributed by atoms with Crippen molar-refractivity contribution in [1.29, 1.82) is 0 Å². The number of nitrogens with two attached hydrogens (primary N) is 1. The molecule has 44 heavy (non-hydrogen) atoms. The molecule has 0 spiro atoms. The van der Waals surface area contributed by atoms with E-state index >= 15 is 0 Å². The van der Waals surface area contributed by atoms with Gasteiger partial charge in [0, 0.05) is 12.5 Å². The van der Waals surface area contributed by atoms with Crippen LogP contribution in [0, 0.1) is 5.92 Å². The zero-order valence-corrected chi connectivity index (χ0v) is 26.5. The zero-order valence-electron chi connectivity index (χ0n) is 25.7. The number of benzene rings is 1. The van der Waals surface area contributed by atoms with Gasteiger partial charge >= 0.3 is 12.1 Å². The van der Waals surface area contributed by atoms with Crippen LogP contribution < -0.4 is 20.5 Å². The summed E-state index contributed by atoms with van der Waals surface area (Å²) >= 11 is 0. The molecule has 5 amide bonds. The Morgan fingerprint density at radius 2 is 1.84 bits per heavy atom. The molecular formula is C30H43N5O8S. The smallest absolute Gasteiger partial charge is 0.419 e. The van der Waals surface area contributed by atoms with Gasteiger partial charge in [0.15, 0.2) is 4.87 Å². The number of nitrogens with one attached hydrogen (secondary N) is 2. The number of hydrogen-bond acceptors (Lipinski definition) is 8. The lowest BCUT2D eigenvalue weighted by Crippen LogP contribution is -2.59. The van der Waals surface area contributed by atoms with Gasteiger partial charge in [-0.2, -0.15) is 0 Å². The number of fused-ring (bicyclic) bond motifs is 2. The van der Waals surface area contributed by atoms with E-state index in [0.29, 0.717) is 36.3 Å². The van der Waals surface area contributed by atoms with E-state index in [1.54, 1.807) is 45.0 Å². The van der Waals surface area contributed by atoms with Crippen LogP contribution in [0.25, 0.3) is 0 Å². The van der Waals surface area contributed by atoms with E-state index < -0.39 is 62.4 Å². The highest BCUT2D eigenvalue weighted by Gasteiger charge is 2.65. The predicted molar refractivity (Wildman–Crippen MR) is 163 cm³/mol. The van der Waals surface area contributed by atoms with Crippen LogP contribution in [0.1, 0.15) is 72.1 Å². The summed E-state index contributed by atoms with van der Waals surface area (Å²) in [6.45, 7) is 5.09. The van der Waals surface area contributed by atoms with Crippen LogP contribution in [0.15, 0.2) is 36.4 Å². The van der Waals surface area contributed by atoms with Crippen LogP contribution in [-0.4, -0.2) is 78.4 Å². The monoisotopic (exact) mass is 633 g/mol. The summed E-state index contributed by atoms with van der Waals surface area (Å²) in [7, 11) is -2.76. The fraction of sp³-hybridized carbons (Fsp3) is 0.600. The van der Waals surface area contributed by atoms with Crippen LogP contribution in [-0.2, 0) is 24.3 Å². The fourth-order valence-corrected chi connectivity index (χ4v) is 7.60. The van der Waals surface area contributed by atoms with Gasteiger partial charge in [-0.25, -0.2) is 22.9 Å². The Hall–Kier alpha value is -3.81. The van der Waals surface area contributed by atoms with Gasteiger partial charge in [-0.15, -0.1) is 0 Å². The molecule has 2 heterocycles. The number of carbonyl (C=O) groups excluding carboxylic acids is 4. The number of methoxy groups -OCH3 is 1. The topological polar surface area (TPSA) is 177 Å². The zero-order chi connectivity index (χ0) is 32.3. The van der Waals surface area contributed by atoms with Crippen molar-refractivity contribution >= 4 is 39.6 Å². The number of para-hydroxylation sites is 2. The lowest BCUT2D eigenvalue weighted by atomic mass is 10.0. The van der Waals surface area contributed by atoms with Crippen molar-refractivity contribution < 1.29 is 37.1 Å². The highest BCUT2D eigenvalue weighted by Crippen LogP contribution is 2.50. The van der Waals surface area contributed by atoms with E-state index in [-0.39, 0.29) is 31.5 Å². The van der Waals surface area contributed by atoms with Crippen LogP contribution in [0.4, 0.5) is 15.3 Å². The minimum atomic E-state index is -4.19. The van der Waals surface area contributed by atoms with Crippen molar-refractivity contribution in [3.63, 3.8) is 0 Å². The van der Waals surface area contributed by atoms with Crippen molar-refractivity contribution in [3.8, 4) is 5.75 Å². The fourth-order valence-electron chi connectivity index (χ4n) is 5.84. The first kappa shape index (κ1) is 33.1. The van der Waals surface area contributed by atoms with Gasteiger partial charge in [-0.1, -0.05) is 37.1 Å². The average Bonchev–Trinajstić information content (AvgIpc) is 3.41. The molecule has 0 bridgehead atoms. The number of ether oxygens (including phenoxy) is 2. The molecule has 0 radical (unpaired) electrons. The van der Waals surface area contributed by atoms with Gasteiger partial charge in [0.25, 0.3) is 10.0 Å². The second-order valence-electron chi connectivity index (χ2n) is 12.5. The highest BCUT2D eigenvalue weighted by atomic mass is 32.2. The third-order valence-corrected chi connectivity index (χ3v) is 10.1. The number of nitrogens with zero attached hydrogens (tertiary/aromatic N) is 2. The Morgan fingerprint density at radius 3 is 2.52 bits per heavy atom. The van der Waals surface area contributed by atoms with Crippen molar-refractivity contribution in [2.75, 3.05) is 18.4 Å². The molecule has 4 N–H and O–H groups in total. The molecule has 1 aromatic carbocycles. The molecular weight excluding hydrogens is 590 g/mol. The first-order valence-electron chi connectivity index (χ1n) is 15.0. The number of carbonyl (C=O) groups is 4. The van der Waals surface area contributed by atoms with Crippen molar-refractivity contribution in [2.24, 2.45) is 11.7 Å². The van der Waals surface area contributed by atoms with Gasteiger partial charge in [0.2, 0.25) is 11.8 Å². The maximum absolute atomic E-state index is 14.0. The number of imide groups is 1. The molecule has 2 aliphatic heterocycles. The Labute approximate surface area is 258 Å². The quantitative estimate of drug-likeness (QED) is 0.413. The Morgan fingerprint density at radius 1 is 1.11 bits per heavy atom. The molecule has 242 valence electrons. The second-order valence-corrected chi connectivity index (χ2v) is 14.4. The van der Waals surface area contributed by atoms with Crippen LogP contribution in [0.3, 0.4) is 0 Å².